The molecule has 0 aliphatic rings. The van der Waals surface area contributed by atoms with Gasteiger partial charge in [0.25, 0.3) is 10.0 Å². The summed E-state index contributed by atoms with van der Waals surface area (Å²) in [6, 6.07) is 4.55. The minimum atomic E-state index is -4.66. The normalized spacial score (nSPS) is 11.4. The summed E-state index contributed by atoms with van der Waals surface area (Å²) in [5.74, 6) is -4.77. The van der Waals surface area contributed by atoms with Crippen LogP contribution in [-0.4, -0.2) is 13.5 Å². The highest BCUT2D eigenvalue weighted by Gasteiger charge is 2.26. The molecule has 8 heteroatoms. The van der Waals surface area contributed by atoms with Crippen molar-refractivity contribution in [3.05, 3.63) is 53.3 Å². The van der Waals surface area contributed by atoms with Gasteiger partial charge in [-0.25, -0.2) is 21.6 Å². The van der Waals surface area contributed by atoms with Gasteiger partial charge in [0.05, 0.1) is 5.69 Å². The molecule has 0 fully saturated rings. The molecule has 2 N–H and O–H groups in total. The summed E-state index contributed by atoms with van der Waals surface area (Å²) in [5.41, 5.74) is 0.378. The van der Waals surface area contributed by atoms with Crippen LogP contribution in [0.1, 0.15) is 5.56 Å². The summed E-state index contributed by atoms with van der Waals surface area (Å²) in [4.78, 5) is -1.31. The number of phenolic OH excluding ortho intramolecular Hbond substituents is 1. The molecule has 112 valence electrons. The molecule has 0 spiro atoms. The number of benzene rings is 2. The maximum Gasteiger partial charge on any atom is 0.267 e. The summed E-state index contributed by atoms with van der Waals surface area (Å²) < 4.78 is 65.7. The average Bonchev–Trinajstić information content (AvgIpc) is 2.31. The number of phenols is 1. The Hall–Kier alpha value is -2.22. The van der Waals surface area contributed by atoms with Gasteiger partial charge in [-0.05, 0) is 24.6 Å². The molecular formula is C13H10F3NO3S. The van der Waals surface area contributed by atoms with E-state index in [1.54, 1.807) is 6.92 Å². The zero-order chi connectivity index (χ0) is 15.8. The van der Waals surface area contributed by atoms with Crippen LogP contribution in [0.3, 0.4) is 0 Å². The first kappa shape index (κ1) is 15.2. The molecule has 0 bridgehead atoms. The summed E-state index contributed by atoms with van der Waals surface area (Å²) in [6.45, 7) is 1.64. The van der Waals surface area contributed by atoms with Gasteiger partial charge in [-0.1, -0.05) is 6.07 Å². The van der Waals surface area contributed by atoms with E-state index in [0.717, 1.165) is 0 Å². The van der Waals surface area contributed by atoms with Crippen LogP contribution in [0.2, 0.25) is 0 Å². The predicted molar refractivity (Wildman–Crippen MR) is 70.0 cm³/mol. The largest absolute Gasteiger partial charge is 0.506 e. The van der Waals surface area contributed by atoms with E-state index in [1.165, 1.54) is 18.2 Å². The Bertz CT molecular complexity index is 783. The smallest absolute Gasteiger partial charge is 0.267 e. The molecule has 0 radical (unpaired) electrons. The van der Waals surface area contributed by atoms with Gasteiger partial charge in [-0.2, -0.15) is 0 Å². The van der Waals surface area contributed by atoms with Crippen LogP contribution in [0.15, 0.2) is 35.2 Å². The van der Waals surface area contributed by atoms with Crippen molar-refractivity contribution in [3.63, 3.8) is 0 Å². The molecule has 0 saturated carbocycles. The maximum absolute atomic E-state index is 13.5. The molecule has 0 aliphatic heterocycles. The SMILES string of the molecule is Cc1ccc(O)c(NS(=O)(=O)c2c(F)cc(F)cc2F)c1. The van der Waals surface area contributed by atoms with Crippen molar-refractivity contribution in [2.45, 2.75) is 11.8 Å². The van der Waals surface area contributed by atoms with Gasteiger partial charge < -0.3 is 5.11 Å². The Morgan fingerprint density at radius 1 is 1.05 bits per heavy atom. The lowest BCUT2D eigenvalue weighted by molar-refractivity contribution is 0.477. The van der Waals surface area contributed by atoms with E-state index in [0.29, 0.717) is 5.56 Å². The summed E-state index contributed by atoms with van der Waals surface area (Å²) in [5, 5.41) is 9.55. The Balaban J connectivity index is 2.51. The van der Waals surface area contributed by atoms with Crippen LogP contribution in [0.4, 0.5) is 18.9 Å². The fourth-order valence-electron chi connectivity index (χ4n) is 1.71. The van der Waals surface area contributed by atoms with E-state index in [9.17, 15) is 26.7 Å². The van der Waals surface area contributed by atoms with Crippen LogP contribution in [0.5, 0.6) is 5.75 Å². The Labute approximate surface area is 118 Å². The molecule has 0 saturated heterocycles. The fraction of sp³-hybridized carbons (Fsp3) is 0.0769. The van der Waals surface area contributed by atoms with E-state index in [-0.39, 0.29) is 17.8 Å². The van der Waals surface area contributed by atoms with Crippen LogP contribution >= 0.6 is 0 Å². The van der Waals surface area contributed by atoms with E-state index < -0.39 is 38.1 Å². The van der Waals surface area contributed by atoms with Gasteiger partial charge in [-0.15, -0.1) is 0 Å². The number of anilines is 1. The lowest BCUT2D eigenvalue weighted by Gasteiger charge is -2.11. The second kappa shape index (κ2) is 5.28. The van der Waals surface area contributed by atoms with E-state index in [1.807, 2.05) is 4.72 Å². The summed E-state index contributed by atoms with van der Waals surface area (Å²) in [6.07, 6.45) is 0. The number of sulfonamides is 1. The van der Waals surface area contributed by atoms with E-state index >= 15 is 0 Å². The highest BCUT2D eigenvalue weighted by atomic mass is 32.2. The van der Waals surface area contributed by atoms with Crippen LogP contribution in [0, 0.1) is 24.4 Å². The van der Waals surface area contributed by atoms with Crippen molar-refractivity contribution in [3.8, 4) is 5.75 Å². The first-order valence-electron chi connectivity index (χ1n) is 5.67. The third-order valence-corrected chi connectivity index (χ3v) is 4.04. The van der Waals surface area contributed by atoms with Crippen molar-refractivity contribution in [1.29, 1.82) is 0 Å². The summed E-state index contributed by atoms with van der Waals surface area (Å²) >= 11 is 0. The first-order chi connectivity index (χ1) is 9.70. The van der Waals surface area contributed by atoms with Gasteiger partial charge >= 0.3 is 0 Å². The van der Waals surface area contributed by atoms with Crippen molar-refractivity contribution < 1.29 is 26.7 Å². The average molecular weight is 317 g/mol. The minimum absolute atomic E-state index is 0.238. The van der Waals surface area contributed by atoms with Gasteiger partial charge in [0.2, 0.25) is 0 Å². The van der Waals surface area contributed by atoms with E-state index in [4.69, 9.17) is 0 Å². The number of aryl methyl sites for hydroxylation is 1. The standard InChI is InChI=1S/C13H10F3NO3S/c1-7-2-3-12(18)11(4-7)17-21(19,20)13-9(15)5-8(14)6-10(13)16/h2-6,17-18H,1H3. The van der Waals surface area contributed by atoms with Crippen molar-refractivity contribution in [2.75, 3.05) is 4.72 Å². The molecule has 4 nitrogen and oxygen atoms in total. The highest BCUT2D eigenvalue weighted by Crippen LogP contribution is 2.28. The highest BCUT2D eigenvalue weighted by molar-refractivity contribution is 7.92. The monoisotopic (exact) mass is 317 g/mol. The number of hydrogen-bond donors (Lipinski definition) is 2. The van der Waals surface area contributed by atoms with Gasteiger partial charge in [0.1, 0.15) is 23.2 Å². The number of rotatable bonds is 3. The molecule has 2 rings (SSSR count). The maximum atomic E-state index is 13.5. The van der Waals surface area contributed by atoms with Crippen molar-refractivity contribution in [2.24, 2.45) is 0 Å². The molecule has 0 heterocycles. The Kier molecular flexibility index (Phi) is 3.82. The predicted octanol–water partition coefficient (Wildman–Crippen LogP) is 2.92. The zero-order valence-electron chi connectivity index (χ0n) is 10.7. The topological polar surface area (TPSA) is 66.4 Å². The molecule has 0 amide bonds. The summed E-state index contributed by atoms with van der Waals surface area (Å²) in [7, 11) is -4.66. The van der Waals surface area contributed by atoms with Crippen LogP contribution in [0.25, 0.3) is 0 Å². The Morgan fingerprint density at radius 2 is 1.62 bits per heavy atom. The quantitative estimate of drug-likeness (QED) is 0.856. The molecule has 21 heavy (non-hydrogen) atoms. The molecule has 0 atom stereocenters. The third-order valence-electron chi connectivity index (χ3n) is 2.63. The molecule has 0 aliphatic carbocycles. The molecular weight excluding hydrogens is 307 g/mol. The number of nitrogens with one attached hydrogen (secondary N) is 1. The first-order valence-corrected chi connectivity index (χ1v) is 7.16. The number of hydrogen-bond acceptors (Lipinski definition) is 3. The van der Waals surface area contributed by atoms with Crippen molar-refractivity contribution in [1.82, 2.24) is 0 Å². The molecule has 0 unspecified atom stereocenters. The second-order valence-electron chi connectivity index (χ2n) is 4.32. The third kappa shape index (κ3) is 3.10. The van der Waals surface area contributed by atoms with Gasteiger partial charge in [0, 0.05) is 12.1 Å². The molecule has 2 aromatic carbocycles. The van der Waals surface area contributed by atoms with E-state index in [2.05, 4.69) is 0 Å². The zero-order valence-corrected chi connectivity index (χ0v) is 11.5. The molecule has 0 aromatic heterocycles. The van der Waals surface area contributed by atoms with Gasteiger partial charge in [0.15, 0.2) is 4.90 Å². The Morgan fingerprint density at radius 3 is 2.19 bits per heavy atom. The fourth-order valence-corrected chi connectivity index (χ4v) is 2.90. The lowest BCUT2D eigenvalue weighted by atomic mass is 10.2. The number of aromatic hydroxyl groups is 1. The van der Waals surface area contributed by atoms with Crippen molar-refractivity contribution >= 4 is 15.7 Å². The second-order valence-corrected chi connectivity index (χ2v) is 5.94. The lowest BCUT2D eigenvalue weighted by Crippen LogP contribution is -2.17. The van der Waals surface area contributed by atoms with Gasteiger partial charge in [-0.3, -0.25) is 4.72 Å². The number of halogens is 3. The van der Waals surface area contributed by atoms with Crippen LogP contribution in [-0.2, 0) is 10.0 Å². The van der Waals surface area contributed by atoms with Crippen LogP contribution < -0.4 is 4.72 Å². The molecule has 2 aromatic rings. The minimum Gasteiger partial charge on any atom is -0.506 e.